The number of benzene rings is 2. The number of fused-ring (bicyclic) bond motifs is 2. The van der Waals surface area contributed by atoms with Crippen LogP contribution < -0.4 is 5.32 Å². The summed E-state index contributed by atoms with van der Waals surface area (Å²) in [6, 6.07) is 17.2. The standard InChI is InChI=1S/C31H30FN5O2/c1-17-22-6-4-3-5-19(22)11-12-36(17)31(39)28-15-29(20-7-8-20)37-30(34-28)16-27(35-37)23-10-9-21(13-25(23)32)24-14-26(24)33-18(2)38/h3-6,9-10,13,15-17,20,24,26H,7-8,11-12,14H2,1-2H3,(H,33,38)/t17-,24-,26+/m1/s1. The number of rotatable bonds is 5. The van der Waals surface area contributed by atoms with E-state index in [-0.39, 0.29) is 35.6 Å². The molecule has 7 nitrogen and oxygen atoms in total. The second kappa shape index (κ2) is 9.00. The van der Waals surface area contributed by atoms with Crippen LogP contribution in [0.4, 0.5) is 4.39 Å². The Bertz CT molecular complexity index is 1640. The highest BCUT2D eigenvalue weighted by atomic mass is 19.1. The molecule has 2 aliphatic carbocycles. The minimum atomic E-state index is -0.352. The summed E-state index contributed by atoms with van der Waals surface area (Å²) >= 11 is 0. The first-order valence-corrected chi connectivity index (χ1v) is 13.7. The van der Waals surface area contributed by atoms with E-state index in [0.29, 0.717) is 35.1 Å². The number of hydrogen-bond acceptors (Lipinski definition) is 4. The number of nitrogens with one attached hydrogen (secondary N) is 1. The van der Waals surface area contributed by atoms with Crippen LogP contribution in [0.5, 0.6) is 0 Å². The molecule has 3 heterocycles. The smallest absolute Gasteiger partial charge is 0.273 e. The first-order valence-electron chi connectivity index (χ1n) is 13.7. The highest BCUT2D eigenvalue weighted by Crippen LogP contribution is 2.43. The SMILES string of the molecule is CC(=O)N[C@H]1C[C@@H]1c1ccc(-c2cc3nc(C(=O)N4CCc5ccccc5[C@H]4C)cc(C4CC4)n3n2)c(F)c1. The number of amides is 2. The summed E-state index contributed by atoms with van der Waals surface area (Å²) in [4.78, 5) is 31.7. The third kappa shape index (κ3) is 4.28. The molecule has 1 N–H and O–H groups in total. The lowest BCUT2D eigenvalue weighted by Gasteiger charge is -2.35. The maximum atomic E-state index is 15.3. The number of aromatic nitrogens is 3. The van der Waals surface area contributed by atoms with Crippen LogP contribution in [0.25, 0.3) is 16.9 Å². The summed E-state index contributed by atoms with van der Waals surface area (Å²) in [5.74, 6) is -0.0468. The molecule has 0 bridgehead atoms. The summed E-state index contributed by atoms with van der Waals surface area (Å²) in [5.41, 5.74) is 6.16. The van der Waals surface area contributed by atoms with Crippen LogP contribution in [0, 0.1) is 5.82 Å². The van der Waals surface area contributed by atoms with Crippen molar-refractivity contribution in [2.45, 2.75) is 63.5 Å². The first-order chi connectivity index (χ1) is 18.9. The van der Waals surface area contributed by atoms with Gasteiger partial charge in [0, 0.05) is 48.7 Å². The molecule has 39 heavy (non-hydrogen) atoms. The van der Waals surface area contributed by atoms with Gasteiger partial charge in [0.1, 0.15) is 11.5 Å². The Kier molecular flexibility index (Phi) is 5.54. The number of hydrogen-bond donors (Lipinski definition) is 1. The Labute approximate surface area is 226 Å². The minimum absolute atomic E-state index is 0.0327. The minimum Gasteiger partial charge on any atom is -0.353 e. The van der Waals surface area contributed by atoms with E-state index in [0.717, 1.165) is 36.9 Å². The molecule has 1 aliphatic heterocycles. The van der Waals surface area contributed by atoms with Crippen LogP contribution in [0.15, 0.2) is 54.6 Å². The van der Waals surface area contributed by atoms with E-state index in [1.807, 2.05) is 29.2 Å². The molecule has 2 aromatic heterocycles. The Morgan fingerprint density at radius 1 is 1.08 bits per heavy atom. The van der Waals surface area contributed by atoms with Gasteiger partial charge < -0.3 is 10.2 Å². The molecule has 3 aliphatic rings. The lowest BCUT2D eigenvalue weighted by Crippen LogP contribution is -2.39. The Hall–Kier alpha value is -4.07. The largest absolute Gasteiger partial charge is 0.353 e. The lowest BCUT2D eigenvalue weighted by molar-refractivity contribution is -0.119. The van der Waals surface area contributed by atoms with E-state index in [2.05, 4.69) is 24.4 Å². The quantitative estimate of drug-likeness (QED) is 0.392. The van der Waals surface area contributed by atoms with Gasteiger partial charge in [-0.25, -0.2) is 13.9 Å². The predicted molar refractivity (Wildman–Crippen MR) is 145 cm³/mol. The third-order valence-electron chi connectivity index (χ3n) is 8.40. The fraction of sp³-hybridized carbons (Fsp3) is 0.355. The molecule has 0 spiro atoms. The second-order valence-corrected chi connectivity index (χ2v) is 11.2. The highest BCUT2D eigenvalue weighted by molar-refractivity contribution is 5.93. The zero-order chi connectivity index (χ0) is 26.8. The molecular weight excluding hydrogens is 493 g/mol. The van der Waals surface area contributed by atoms with Gasteiger partial charge in [-0.3, -0.25) is 9.59 Å². The average Bonchev–Trinajstić information content (AvgIpc) is 3.85. The van der Waals surface area contributed by atoms with E-state index in [9.17, 15) is 9.59 Å². The summed E-state index contributed by atoms with van der Waals surface area (Å²) in [6.07, 6.45) is 3.71. The molecule has 2 fully saturated rings. The zero-order valence-corrected chi connectivity index (χ0v) is 22.0. The monoisotopic (exact) mass is 523 g/mol. The van der Waals surface area contributed by atoms with Gasteiger partial charge in [0.05, 0.1) is 11.7 Å². The van der Waals surface area contributed by atoms with Crippen molar-refractivity contribution in [3.63, 3.8) is 0 Å². The van der Waals surface area contributed by atoms with Crippen molar-refractivity contribution >= 4 is 17.5 Å². The van der Waals surface area contributed by atoms with E-state index in [1.165, 1.54) is 18.1 Å². The molecule has 4 aromatic rings. The van der Waals surface area contributed by atoms with Crippen molar-refractivity contribution in [2.24, 2.45) is 0 Å². The van der Waals surface area contributed by atoms with E-state index >= 15 is 4.39 Å². The predicted octanol–water partition coefficient (Wildman–Crippen LogP) is 5.16. The van der Waals surface area contributed by atoms with Gasteiger partial charge >= 0.3 is 0 Å². The van der Waals surface area contributed by atoms with Crippen LogP contribution in [-0.2, 0) is 11.2 Å². The van der Waals surface area contributed by atoms with Gasteiger partial charge in [0.2, 0.25) is 5.91 Å². The molecule has 3 atom stereocenters. The van der Waals surface area contributed by atoms with Crippen LogP contribution in [-0.4, -0.2) is 43.9 Å². The van der Waals surface area contributed by atoms with Crippen molar-refractivity contribution in [2.75, 3.05) is 6.54 Å². The van der Waals surface area contributed by atoms with Crippen molar-refractivity contribution < 1.29 is 14.0 Å². The maximum absolute atomic E-state index is 15.3. The topological polar surface area (TPSA) is 79.6 Å². The van der Waals surface area contributed by atoms with E-state index < -0.39 is 0 Å². The summed E-state index contributed by atoms with van der Waals surface area (Å²) < 4.78 is 17.1. The Morgan fingerprint density at radius 2 is 1.90 bits per heavy atom. The average molecular weight is 524 g/mol. The number of carbonyl (C=O) groups excluding carboxylic acids is 2. The van der Waals surface area contributed by atoms with E-state index in [1.54, 1.807) is 22.7 Å². The van der Waals surface area contributed by atoms with Crippen molar-refractivity contribution in [3.05, 3.63) is 88.5 Å². The normalized spacial score (nSPS) is 22.0. The van der Waals surface area contributed by atoms with Crippen molar-refractivity contribution in [3.8, 4) is 11.3 Å². The van der Waals surface area contributed by atoms with Crippen LogP contribution in [0.3, 0.4) is 0 Å². The van der Waals surface area contributed by atoms with Crippen LogP contribution >= 0.6 is 0 Å². The van der Waals surface area contributed by atoms with Crippen molar-refractivity contribution in [1.29, 1.82) is 0 Å². The Balaban J connectivity index is 1.21. The van der Waals surface area contributed by atoms with Crippen LogP contribution in [0.1, 0.15) is 83.9 Å². The first kappa shape index (κ1) is 24.0. The number of nitrogens with zero attached hydrogens (tertiary/aromatic N) is 4. The fourth-order valence-corrected chi connectivity index (χ4v) is 6.06. The molecule has 8 heteroatoms. The van der Waals surface area contributed by atoms with Gasteiger partial charge in [-0.15, -0.1) is 0 Å². The van der Waals surface area contributed by atoms with Crippen LogP contribution in [0.2, 0.25) is 0 Å². The molecule has 198 valence electrons. The summed E-state index contributed by atoms with van der Waals surface area (Å²) in [5, 5.41) is 7.64. The number of halogens is 1. The molecule has 2 aromatic carbocycles. The lowest BCUT2D eigenvalue weighted by atomic mass is 9.93. The third-order valence-corrected chi connectivity index (χ3v) is 8.40. The zero-order valence-electron chi connectivity index (χ0n) is 22.0. The van der Waals surface area contributed by atoms with Gasteiger partial charge in [0.15, 0.2) is 5.65 Å². The van der Waals surface area contributed by atoms with Gasteiger partial charge in [-0.1, -0.05) is 30.3 Å². The second-order valence-electron chi connectivity index (χ2n) is 11.2. The molecule has 7 rings (SSSR count). The van der Waals surface area contributed by atoms with Gasteiger partial charge in [-0.2, -0.15) is 5.10 Å². The van der Waals surface area contributed by atoms with Gasteiger partial charge in [-0.05, 0) is 67.5 Å². The summed E-state index contributed by atoms with van der Waals surface area (Å²) in [6.45, 7) is 4.21. The molecule has 0 radical (unpaired) electrons. The van der Waals surface area contributed by atoms with Crippen molar-refractivity contribution in [1.82, 2.24) is 24.8 Å². The fourth-order valence-electron chi connectivity index (χ4n) is 6.06. The molecule has 0 unspecified atom stereocenters. The molecule has 0 saturated heterocycles. The number of carbonyl (C=O) groups is 2. The van der Waals surface area contributed by atoms with Gasteiger partial charge in [0.25, 0.3) is 5.91 Å². The summed E-state index contributed by atoms with van der Waals surface area (Å²) in [7, 11) is 0. The molecular formula is C31H30FN5O2. The molecule has 2 amide bonds. The molecule has 2 saturated carbocycles. The van der Waals surface area contributed by atoms with E-state index in [4.69, 9.17) is 10.1 Å². The highest BCUT2D eigenvalue weighted by Gasteiger charge is 2.39. The Morgan fingerprint density at radius 3 is 2.67 bits per heavy atom. The maximum Gasteiger partial charge on any atom is 0.273 e.